The lowest BCUT2D eigenvalue weighted by atomic mass is 9.80. The molecule has 0 aliphatic heterocycles. The third kappa shape index (κ3) is 3.74. The van der Waals surface area contributed by atoms with Crippen molar-refractivity contribution in [3.8, 4) is 5.75 Å². The normalized spacial score (nSPS) is 18.6. The van der Waals surface area contributed by atoms with Crippen molar-refractivity contribution in [2.24, 2.45) is 5.73 Å². The van der Waals surface area contributed by atoms with Crippen molar-refractivity contribution in [3.63, 3.8) is 0 Å². The molecule has 1 aliphatic rings. The first-order valence-electron chi connectivity index (χ1n) is 7.07. The smallest absolute Gasteiger partial charge is 0.119 e. The Hall–Kier alpha value is -1.02. The highest BCUT2D eigenvalue weighted by molar-refractivity contribution is 5.32. The SMILES string of the molecule is Cc1cc(C)cc(OCCC2(N)CCCCC2)c1. The van der Waals surface area contributed by atoms with Gasteiger partial charge in [-0.2, -0.15) is 0 Å². The molecule has 0 bridgehead atoms. The number of nitrogens with two attached hydrogens (primary N) is 1. The number of benzene rings is 1. The summed E-state index contributed by atoms with van der Waals surface area (Å²) < 4.78 is 5.86. The van der Waals surface area contributed by atoms with E-state index in [1.165, 1.54) is 30.4 Å². The van der Waals surface area contributed by atoms with Gasteiger partial charge in [0.2, 0.25) is 0 Å². The van der Waals surface area contributed by atoms with Gasteiger partial charge in [-0.05, 0) is 56.4 Å². The average molecular weight is 247 g/mol. The van der Waals surface area contributed by atoms with E-state index in [1.807, 2.05) is 0 Å². The standard InChI is InChI=1S/C16H25NO/c1-13-10-14(2)12-15(11-13)18-9-8-16(17)6-4-3-5-7-16/h10-12H,3-9,17H2,1-2H3. The Morgan fingerprint density at radius 2 is 1.67 bits per heavy atom. The van der Waals surface area contributed by atoms with Gasteiger partial charge < -0.3 is 10.5 Å². The van der Waals surface area contributed by atoms with Gasteiger partial charge in [0.1, 0.15) is 5.75 Å². The van der Waals surface area contributed by atoms with E-state index in [1.54, 1.807) is 0 Å². The lowest BCUT2D eigenvalue weighted by Crippen LogP contribution is -2.42. The topological polar surface area (TPSA) is 35.2 Å². The van der Waals surface area contributed by atoms with E-state index in [-0.39, 0.29) is 5.54 Å². The lowest BCUT2D eigenvalue weighted by Gasteiger charge is -2.33. The lowest BCUT2D eigenvalue weighted by molar-refractivity contribution is 0.214. The Morgan fingerprint density at radius 1 is 1.06 bits per heavy atom. The maximum Gasteiger partial charge on any atom is 0.119 e. The first-order chi connectivity index (χ1) is 8.57. The van der Waals surface area contributed by atoms with Crippen molar-refractivity contribution in [1.29, 1.82) is 0 Å². The zero-order valence-electron chi connectivity index (χ0n) is 11.7. The summed E-state index contributed by atoms with van der Waals surface area (Å²) >= 11 is 0. The molecule has 0 heterocycles. The maximum atomic E-state index is 6.40. The molecule has 1 fully saturated rings. The van der Waals surface area contributed by atoms with Gasteiger partial charge in [-0.15, -0.1) is 0 Å². The van der Waals surface area contributed by atoms with Crippen LogP contribution in [-0.2, 0) is 0 Å². The van der Waals surface area contributed by atoms with Crippen LogP contribution in [0.5, 0.6) is 5.75 Å². The Labute approximate surface area is 111 Å². The van der Waals surface area contributed by atoms with Gasteiger partial charge in [-0.25, -0.2) is 0 Å². The molecule has 0 radical (unpaired) electrons. The second kappa shape index (κ2) is 5.75. The third-order valence-electron chi connectivity index (χ3n) is 3.91. The fraction of sp³-hybridized carbons (Fsp3) is 0.625. The van der Waals surface area contributed by atoms with Crippen LogP contribution in [0.2, 0.25) is 0 Å². The Bertz CT molecular complexity index is 374. The quantitative estimate of drug-likeness (QED) is 0.879. The summed E-state index contributed by atoms with van der Waals surface area (Å²) in [7, 11) is 0. The van der Waals surface area contributed by atoms with E-state index in [2.05, 4.69) is 32.0 Å². The Kier molecular flexibility index (Phi) is 4.28. The van der Waals surface area contributed by atoms with E-state index in [0.29, 0.717) is 0 Å². The fourth-order valence-electron chi connectivity index (χ4n) is 2.89. The number of hydrogen-bond acceptors (Lipinski definition) is 2. The van der Waals surface area contributed by atoms with Crippen LogP contribution in [0.4, 0.5) is 0 Å². The molecule has 2 N–H and O–H groups in total. The molecule has 2 nitrogen and oxygen atoms in total. The van der Waals surface area contributed by atoms with E-state index in [0.717, 1.165) is 31.6 Å². The zero-order chi connectivity index (χ0) is 13.0. The zero-order valence-corrected chi connectivity index (χ0v) is 11.7. The monoisotopic (exact) mass is 247 g/mol. The summed E-state index contributed by atoms with van der Waals surface area (Å²) in [4.78, 5) is 0. The molecule has 0 aromatic heterocycles. The minimum absolute atomic E-state index is 0.0249. The van der Waals surface area contributed by atoms with Crippen molar-refractivity contribution in [2.75, 3.05) is 6.61 Å². The molecule has 1 saturated carbocycles. The summed E-state index contributed by atoms with van der Waals surface area (Å²) in [6, 6.07) is 6.35. The molecule has 0 saturated heterocycles. The summed E-state index contributed by atoms with van der Waals surface area (Å²) in [6.45, 7) is 4.94. The predicted octanol–water partition coefficient (Wildman–Crippen LogP) is 3.73. The van der Waals surface area contributed by atoms with Gasteiger partial charge >= 0.3 is 0 Å². The molecule has 0 unspecified atom stereocenters. The highest BCUT2D eigenvalue weighted by atomic mass is 16.5. The van der Waals surface area contributed by atoms with Gasteiger partial charge in [0.05, 0.1) is 6.61 Å². The summed E-state index contributed by atoms with van der Waals surface area (Å²) in [5.74, 6) is 0.979. The highest BCUT2D eigenvalue weighted by Crippen LogP contribution is 2.28. The van der Waals surface area contributed by atoms with Crippen molar-refractivity contribution < 1.29 is 4.74 Å². The molecule has 0 spiro atoms. The highest BCUT2D eigenvalue weighted by Gasteiger charge is 2.26. The predicted molar refractivity (Wildman–Crippen MR) is 76.0 cm³/mol. The molecule has 2 rings (SSSR count). The maximum absolute atomic E-state index is 6.40. The van der Waals surface area contributed by atoms with Crippen LogP contribution in [0, 0.1) is 13.8 Å². The minimum Gasteiger partial charge on any atom is -0.494 e. The van der Waals surface area contributed by atoms with E-state index < -0.39 is 0 Å². The van der Waals surface area contributed by atoms with Crippen LogP contribution in [0.1, 0.15) is 49.7 Å². The number of aryl methyl sites for hydroxylation is 2. The molecule has 18 heavy (non-hydrogen) atoms. The first kappa shape index (κ1) is 13.4. The molecular weight excluding hydrogens is 222 g/mol. The molecule has 1 aromatic carbocycles. The van der Waals surface area contributed by atoms with Gasteiger partial charge in [0, 0.05) is 5.54 Å². The van der Waals surface area contributed by atoms with Crippen molar-refractivity contribution in [2.45, 2.75) is 57.9 Å². The molecule has 0 atom stereocenters. The van der Waals surface area contributed by atoms with E-state index >= 15 is 0 Å². The molecule has 1 aromatic rings. The van der Waals surface area contributed by atoms with Gasteiger partial charge in [0.15, 0.2) is 0 Å². The van der Waals surface area contributed by atoms with Crippen LogP contribution < -0.4 is 10.5 Å². The second-order valence-electron chi connectivity index (χ2n) is 5.84. The van der Waals surface area contributed by atoms with Crippen molar-refractivity contribution in [1.82, 2.24) is 0 Å². The summed E-state index contributed by atoms with van der Waals surface area (Å²) in [5, 5.41) is 0. The van der Waals surface area contributed by atoms with Crippen LogP contribution in [0.15, 0.2) is 18.2 Å². The Balaban J connectivity index is 1.84. The molecular formula is C16H25NO. The van der Waals surface area contributed by atoms with E-state index in [9.17, 15) is 0 Å². The summed E-state index contributed by atoms with van der Waals surface area (Å²) in [6.07, 6.45) is 7.18. The second-order valence-corrected chi connectivity index (χ2v) is 5.84. The van der Waals surface area contributed by atoms with Crippen LogP contribution >= 0.6 is 0 Å². The van der Waals surface area contributed by atoms with Gasteiger partial charge in [-0.3, -0.25) is 0 Å². The Morgan fingerprint density at radius 3 is 2.28 bits per heavy atom. The first-order valence-corrected chi connectivity index (χ1v) is 7.07. The minimum atomic E-state index is 0.0249. The van der Waals surface area contributed by atoms with Crippen LogP contribution in [0.3, 0.4) is 0 Å². The van der Waals surface area contributed by atoms with Crippen LogP contribution in [0.25, 0.3) is 0 Å². The number of ether oxygens (including phenoxy) is 1. The van der Waals surface area contributed by atoms with Crippen molar-refractivity contribution in [3.05, 3.63) is 29.3 Å². The van der Waals surface area contributed by atoms with Gasteiger partial charge in [0.25, 0.3) is 0 Å². The number of rotatable bonds is 4. The van der Waals surface area contributed by atoms with Crippen LogP contribution in [-0.4, -0.2) is 12.1 Å². The molecule has 1 aliphatic carbocycles. The molecule has 100 valence electrons. The van der Waals surface area contributed by atoms with Crippen molar-refractivity contribution >= 4 is 0 Å². The fourth-order valence-corrected chi connectivity index (χ4v) is 2.89. The molecule has 2 heteroatoms. The van der Waals surface area contributed by atoms with E-state index in [4.69, 9.17) is 10.5 Å². The third-order valence-corrected chi connectivity index (χ3v) is 3.91. The summed E-state index contributed by atoms with van der Waals surface area (Å²) in [5.41, 5.74) is 8.94. The van der Waals surface area contributed by atoms with Gasteiger partial charge in [-0.1, -0.05) is 25.3 Å². The largest absolute Gasteiger partial charge is 0.494 e. The number of hydrogen-bond donors (Lipinski definition) is 1. The average Bonchev–Trinajstić information content (AvgIpc) is 2.28. The molecule has 0 amide bonds.